The molecule has 1 aromatic carbocycles. The summed E-state index contributed by atoms with van der Waals surface area (Å²) >= 11 is 24.1. The van der Waals surface area contributed by atoms with Crippen molar-refractivity contribution in [3.63, 3.8) is 0 Å². The molecule has 3 nitrogen and oxygen atoms in total. The molecule has 0 atom stereocenters. The first kappa shape index (κ1) is 14.9. The Kier molecular flexibility index (Phi) is 4.62. The minimum atomic E-state index is -0.365. The van der Waals surface area contributed by atoms with Gasteiger partial charge in [-0.3, -0.25) is 9.79 Å². The lowest BCUT2D eigenvalue weighted by Gasteiger charge is -2.08. The standard InChI is InChI=1S/C12H10Cl4N2O/c1-2-3-4-17-11-5-6(12(19)18-11)8(14)10(16)9(15)7(5)13/h2-4H2,1H3,(H,17,18,19). The lowest BCUT2D eigenvalue weighted by atomic mass is 10.1. The van der Waals surface area contributed by atoms with E-state index in [2.05, 4.69) is 17.2 Å². The Morgan fingerprint density at radius 2 is 1.58 bits per heavy atom. The van der Waals surface area contributed by atoms with Gasteiger partial charge in [-0.1, -0.05) is 59.7 Å². The number of aliphatic imine (C=N–C) groups is 1. The second-order valence-electron chi connectivity index (χ2n) is 4.04. The third kappa shape index (κ3) is 2.57. The molecule has 0 bridgehead atoms. The van der Waals surface area contributed by atoms with E-state index in [0.29, 0.717) is 17.9 Å². The van der Waals surface area contributed by atoms with E-state index in [0.717, 1.165) is 12.8 Å². The van der Waals surface area contributed by atoms with E-state index < -0.39 is 0 Å². The third-order valence-electron chi connectivity index (χ3n) is 2.74. The summed E-state index contributed by atoms with van der Waals surface area (Å²) in [6.07, 6.45) is 1.93. The molecule has 1 N–H and O–H groups in total. The van der Waals surface area contributed by atoms with Crippen LogP contribution in [0, 0.1) is 0 Å². The minimum Gasteiger partial charge on any atom is -0.306 e. The number of fused-ring (bicyclic) bond motifs is 1. The van der Waals surface area contributed by atoms with Crippen molar-refractivity contribution in [1.29, 1.82) is 0 Å². The number of nitrogens with one attached hydrogen (secondary N) is 1. The van der Waals surface area contributed by atoms with E-state index >= 15 is 0 Å². The Labute approximate surface area is 130 Å². The molecule has 0 radical (unpaired) electrons. The number of rotatable bonds is 3. The van der Waals surface area contributed by atoms with Crippen LogP contribution in [0.25, 0.3) is 0 Å². The Hall–Kier alpha value is -0.480. The number of halogens is 4. The number of hydrogen-bond donors (Lipinski definition) is 1. The predicted molar refractivity (Wildman–Crippen MR) is 80.3 cm³/mol. The highest BCUT2D eigenvalue weighted by atomic mass is 35.5. The Morgan fingerprint density at radius 1 is 1.00 bits per heavy atom. The molecule has 1 heterocycles. The van der Waals surface area contributed by atoms with Gasteiger partial charge in [-0.2, -0.15) is 0 Å². The van der Waals surface area contributed by atoms with Crippen LogP contribution < -0.4 is 5.32 Å². The molecular formula is C12H10Cl4N2O. The van der Waals surface area contributed by atoms with Gasteiger partial charge in [0.05, 0.1) is 31.2 Å². The zero-order valence-corrected chi connectivity index (χ0v) is 13.0. The molecule has 1 aromatic rings. The van der Waals surface area contributed by atoms with Crippen LogP contribution in [-0.2, 0) is 0 Å². The molecule has 0 aliphatic carbocycles. The van der Waals surface area contributed by atoms with Crippen molar-refractivity contribution in [2.45, 2.75) is 19.8 Å². The number of nitrogens with zero attached hydrogens (tertiary/aromatic N) is 1. The normalized spacial score (nSPS) is 15.8. The van der Waals surface area contributed by atoms with Crippen LogP contribution in [0.3, 0.4) is 0 Å². The van der Waals surface area contributed by atoms with E-state index in [4.69, 9.17) is 46.4 Å². The molecular weight excluding hydrogens is 330 g/mol. The zero-order valence-electron chi connectivity index (χ0n) is 9.99. The molecule has 0 spiro atoms. The molecule has 19 heavy (non-hydrogen) atoms. The molecule has 1 amide bonds. The molecule has 0 saturated heterocycles. The number of carbonyl (C=O) groups excluding carboxylic acids is 1. The Balaban J connectivity index is 2.58. The average molecular weight is 340 g/mol. The van der Waals surface area contributed by atoms with Gasteiger partial charge in [-0.05, 0) is 6.42 Å². The van der Waals surface area contributed by atoms with Crippen LogP contribution in [0.4, 0.5) is 0 Å². The maximum atomic E-state index is 11.9. The minimum absolute atomic E-state index is 0.0806. The van der Waals surface area contributed by atoms with Crippen LogP contribution in [0.15, 0.2) is 4.99 Å². The summed E-state index contributed by atoms with van der Waals surface area (Å²) in [7, 11) is 0. The number of carbonyl (C=O) groups is 1. The van der Waals surface area contributed by atoms with Crippen molar-refractivity contribution in [3.05, 3.63) is 31.2 Å². The highest BCUT2D eigenvalue weighted by Gasteiger charge is 2.33. The maximum absolute atomic E-state index is 11.9. The highest BCUT2D eigenvalue weighted by molar-refractivity contribution is 6.55. The fraction of sp³-hybridized carbons (Fsp3) is 0.333. The number of unbranched alkanes of at least 4 members (excludes halogenated alkanes) is 1. The van der Waals surface area contributed by atoms with E-state index in [1.807, 2.05) is 0 Å². The van der Waals surface area contributed by atoms with E-state index in [9.17, 15) is 4.79 Å². The molecule has 0 saturated carbocycles. The lowest BCUT2D eigenvalue weighted by Crippen LogP contribution is -2.21. The first-order valence-corrected chi connectivity index (χ1v) is 7.22. The predicted octanol–water partition coefficient (Wildman–Crippen LogP) is 4.59. The van der Waals surface area contributed by atoms with E-state index in [1.165, 1.54) is 0 Å². The van der Waals surface area contributed by atoms with Crippen LogP contribution >= 0.6 is 46.4 Å². The molecule has 0 aromatic heterocycles. The molecule has 2 rings (SSSR count). The molecule has 102 valence electrons. The van der Waals surface area contributed by atoms with E-state index in [-0.39, 0.29) is 31.6 Å². The van der Waals surface area contributed by atoms with Gasteiger partial charge in [-0.25, -0.2) is 0 Å². The largest absolute Gasteiger partial charge is 0.306 e. The molecule has 1 aliphatic heterocycles. The summed E-state index contributed by atoms with van der Waals surface area (Å²) < 4.78 is 0. The third-order valence-corrected chi connectivity index (χ3v) is 4.55. The molecule has 0 fully saturated rings. The number of amides is 1. The fourth-order valence-electron chi connectivity index (χ4n) is 1.77. The van der Waals surface area contributed by atoms with Gasteiger partial charge in [0.2, 0.25) is 0 Å². The van der Waals surface area contributed by atoms with Crippen molar-refractivity contribution in [2.24, 2.45) is 4.99 Å². The summed E-state index contributed by atoms with van der Waals surface area (Å²) in [4.78, 5) is 16.2. The quantitative estimate of drug-likeness (QED) is 0.488. The summed E-state index contributed by atoms with van der Waals surface area (Å²) in [5, 5.41) is 3.15. The summed E-state index contributed by atoms with van der Waals surface area (Å²) in [5.74, 6) is 0.0367. The van der Waals surface area contributed by atoms with Crippen molar-refractivity contribution >= 4 is 58.1 Å². The monoisotopic (exact) mass is 338 g/mol. The molecule has 7 heteroatoms. The van der Waals surface area contributed by atoms with Crippen LogP contribution in [-0.4, -0.2) is 18.3 Å². The van der Waals surface area contributed by atoms with Gasteiger partial charge in [0.1, 0.15) is 5.84 Å². The lowest BCUT2D eigenvalue weighted by molar-refractivity contribution is 0.0983. The Morgan fingerprint density at radius 3 is 2.16 bits per heavy atom. The summed E-state index contributed by atoms with van der Waals surface area (Å²) in [5.41, 5.74) is 0.665. The average Bonchev–Trinajstić information content (AvgIpc) is 2.71. The molecule has 1 aliphatic rings. The van der Waals surface area contributed by atoms with Crippen molar-refractivity contribution in [3.8, 4) is 0 Å². The van der Waals surface area contributed by atoms with Gasteiger partial charge in [0, 0.05) is 6.54 Å². The smallest absolute Gasteiger partial charge is 0.259 e. The second-order valence-corrected chi connectivity index (χ2v) is 5.56. The van der Waals surface area contributed by atoms with Gasteiger partial charge >= 0.3 is 0 Å². The van der Waals surface area contributed by atoms with Gasteiger partial charge in [0.25, 0.3) is 5.91 Å². The van der Waals surface area contributed by atoms with Crippen LogP contribution in [0.2, 0.25) is 20.1 Å². The fourth-order valence-corrected chi connectivity index (χ4v) is 2.80. The second kappa shape index (κ2) is 5.88. The van der Waals surface area contributed by atoms with Crippen molar-refractivity contribution < 1.29 is 4.79 Å². The van der Waals surface area contributed by atoms with Gasteiger partial charge < -0.3 is 5.32 Å². The number of hydrogen-bond acceptors (Lipinski definition) is 2. The summed E-state index contributed by atoms with van der Waals surface area (Å²) in [6.45, 7) is 2.65. The van der Waals surface area contributed by atoms with E-state index in [1.54, 1.807) is 0 Å². The zero-order chi connectivity index (χ0) is 14.2. The first-order valence-electron chi connectivity index (χ1n) is 5.71. The first-order chi connectivity index (χ1) is 8.99. The Bertz CT molecular complexity index is 584. The maximum Gasteiger partial charge on any atom is 0.259 e. The van der Waals surface area contributed by atoms with Crippen molar-refractivity contribution in [1.82, 2.24) is 5.32 Å². The van der Waals surface area contributed by atoms with Crippen molar-refractivity contribution in [2.75, 3.05) is 6.54 Å². The number of amidine groups is 1. The van der Waals surface area contributed by atoms with Gasteiger partial charge in [0.15, 0.2) is 0 Å². The summed E-state index contributed by atoms with van der Waals surface area (Å²) in [6, 6.07) is 0. The van der Waals surface area contributed by atoms with Crippen LogP contribution in [0.5, 0.6) is 0 Å². The SMILES string of the molecule is CCCCN=C1NC(=O)c2c(Cl)c(Cl)c(Cl)c(Cl)c21. The topological polar surface area (TPSA) is 41.5 Å². The number of benzene rings is 1. The van der Waals surface area contributed by atoms with Gasteiger partial charge in [-0.15, -0.1) is 0 Å². The highest BCUT2D eigenvalue weighted by Crippen LogP contribution is 2.43. The van der Waals surface area contributed by atoms with Crippen LogP contribution in [0.1, 0.15) is 35.7 Å². The molecule has 0 unspecified atom stereocenters.